The molecular weight excluding hydrogens is 369 g/mol. The van der Waals surface area contributed by atoms with Crippen LogP contribution in [0.2, 0.25) is 0 Å². The summed E-state index contributed by atoms with van der Waals surface area (Å²) in [6, 6.07) is 7.14. The van der Waals surface area contributed by atoms with E-state index < -0.39 is 27.8 Å². The first-order valence-electron chi connectivity index (χ1n) is 7.89. The van der Waals surface area contributed by atoms with E-state index in [4.69, 9.17) is 4.74 Å². The van der Waals surface area contributed by atoms with Crippen molar-refractivity contribution in [1.82, 2.24) is 9.71 Å². The summed E-state index contributed by atoms with van der Waals surface area (Å²) >= 11 is 0. The smallest absolute Gasteiger partial charge is 0.416 e. The second-order valence-electron chi connectivity index (χ2n) is 5.66. The minimum atomic E-state index is -4.40. The molecule has 0 fully saturated rings. The fraction of sp³-hybridized carbons (Fsp3) is 0.353. The number of aromatic nitrogens is 1. The zero-order valence-electron chi connectivity index (χ0n) is 14.2. The third-order valence-electron chi connectivity index (χ3n) is 3.47. The molecule has 142 valence electrons. The van der Waals surface area contributed by atoms with E-state index in [9.17, 15) is 21.6 Å². The number of alkyl halides is 3. The van der Waals surface area contributed by atoms with Crippen molar-refractivity contribution in [2.45, 2.75) is 37.5 Å². The maximum Gasteiger partial charge on any atom is 0.416 e. The quantitative estimate of drug-likeness (QED) is 0.789. The predicted octanol–water partition coefficient (Wildman–Crippen LogP) is 3.41. The number of nitrogens with zero attached hydrogens (tertiary/aromatic N) is 1. The van der Waals surface area contributed by atoms with E-state index in [2.05, 4.69) is 9.71 Å². The SMILES string of the molecule is CCOc1cccnc1S(=O)(=O)NC(C)Cc1ccc(C(F)(F)F)cc1. The van der Waals surface area contributed by atoms with Gasteiger partial charge in [-0.25, -0.2) is 18.1 Å². The summed E-state index contributed by atoms with van der Waals surface area (Å²) in [5.74, 6) is 0.143. The molecule has 0 spiro atoms. The van der Waals surface area contributed by atoms with Crippen LogP contribution in [0.15, 0.2) is 47.6 Å². The molecule has 1 unspecified atom stereocenters. The van der Waals surface area contributed by atoms with Crippen LogP contribution >= 0.6 is 0 Å². The largest absolute Gasteiger partial charge is 0.491 e. The van der Waals surface area contributed by atoms with Crippen molar-refractivity contribution >= 4 is 10.0 Å². The van der Waals surface area contributed by atoms with Gasteiger partial charge in [-0.3, -0.25) is 0 Å². The Hall–Kier alpha value is -2.13. The zero-order valence-corrected chi connectivity index (χ0v) is 15.1. The number of nitrogens with one attached hydrogen (secondary N) is 1. The van der Waals surface area contributed by atoms with E-state index in [-0.39, 0.29) is 23.8 Å². The van der Waals surface area contributed by atoms with Crippen molar-refractivity contribution in [1.29, 1.82) is 0 Å². The van der Waals surface area contributed by atoms with Gasteiger partial charge in [-0.15, -0.1) is 0 Å². The number of sulfonamides is 1. The molecule has 2 rings (SSSR count). The molecule has 1 aromatic carbocycles. The van der Waals surface area contributed by atoms with Gasteiger partial charge in [-0.2, -0.15) is 13.2 Å². The molecule has 0 amide bonds. The number of halogens is 3. The molecule has 0 aliphatic rings. The van der Waals surface area contributed by atoms with E-state index in [1.54, 1.807) is 19.9 Å². The van der Waals surface area contributed by atoms with Crippen LogP contribution in [0, 0.1) is 0 Å². The Morgan fingerprint density at radius 3 is 2.42 bits per heavy atom. The van der Waals surface area contributed by atoms with Gasteiger partial charge in [0.25, 0.3) is 10.0 Å². The van der Waals surface area contributed by atoms with Crippen molar-refractivity contribution in [3.8, 4) is 5.75 Å². The highest BCUT2D eigenvalue weighted by Gasteiger charge is 2.30. The number of pyridine rings is 1. The minimum Gasteiger partial charge on any atom is -0.491 e. The highest BCUT2D eigenvalue weighted by Crippen LogP contribution is 2.29. The van der Waals surface area contributed by atoms with Crippen molar-refractivity contribution < 1.29 is 26.3 Å². The van der Waals surface area contributed by atoms with E-state index in [0.717, 1.165) is 12.1 Å². The topological polar surface area (TPSA) is 68.3 Å². The summed E-state index contributed by atoms with van der Waals surface area (Å²) < 4.78 is 70.5. The maximum absolute atomic E-state index is 12.6. The molecule has 9 heteroatoms. The minimum absolute atomic E-state index is 0.143. The normalized spacial score (nSPS) is 13.4. The fourth-order valence-corrected chi connectivity index (χ4v) is 3.71. The van der Waals surface area contributed by atoms with Gasteiger partial charge in [0, 0.05) is 12.2 Å². The lowest BCUT2D eigenvalue weighted by Crippen LogP contribution is -2.34. The molecule has 1 atom stereocenters. The van der Waals surface area contributed by atoms with Gasteiger partial charge in [0.2, 0.25) is 5.03 Å². The van der Waals surface area contributed by atoms with Gasteiger partial charge in [0.15, 0.2) is 5.75 Å². The lowest BCUT2D eigenvalue weighted by Gasteiger charge is -2.16. The Morgan fingerprint density at radius 1 is 1.19 bits per heavy atom. The van der Waals surface area contributed by atoms with Gasteiger partial charge in [0.05, 0.1) is 12.2 Å². The molecule has 0 saturated heterocycles. The summed E-state index contributed by atoms with van der Waals surface area (Å²) in [4.78, 5) is 3.87. The van der Waals surface area contributed by atoms with Gasteiger partial charge in [-0.05, 0) is 50.1 Å². The van der Waals surface area contributed by atoms with Crippen LogP contribution in [-0.2, 0) is 22.6 Å². The molecule has 0 aliphatic carbocycles. The molecule has 2 aromatic rings. The lowest BCUT2D eigenvalue weighted by atomic mass is 10.1. The monoisotopic (exact) mass is 388 g/mol. The van der Waals surface area contributed by atoms with Crippen molar-refractivity contribution in [3.63, 3.8) is 0 Å². The van der Waals surface area contributed by atoms with Gasteiger partial charge >= 0.3 is 6.18 Å². The number of ether oxygens (including phenoxy) is 1. The molecule has 0 radical (unpaired) electrons. The molecule has 0 aliphatic heterocycles. The van der Waals surface area contributed by atoms with Crippen LogP contribution in [0.1, 0.15) is 25.0 Å². The summed E-state index contributed by atoms with van der Waals surface area (Å²) in [5, 5.41) is -0.221. The summed E-state index contributed by atoms with van der Waals surface area (Å²) in [6.07, 6.45) is -2.83. The van der Waals surface area contributed by atoms with Gasteiger partial charge in [0.1, 0.15) is 0 Å². The highest BCUT2D eigenvalue weighted by atomic mass is 32.2. The van der Waals surface area contributed by atoms with E-state index in [1.807, 2.05) is 0 Å². The van der Waals surface area contributed by atoms with Gasteiger partial charge in [-0.1, -0.05) is 12.1 Å². The molecule has 0 saturated carbocycles. The van der Waals surface area contributed by atoms with Gasteiger partial charge < -0.3 is 4.74 Å². The van der Waals surface area contributed by atoms with E-state index in [1.165, 1.54) is 24.4 Å². The average molecular weight is 388 g/mol. The Bertz CT molecular complexity index is 837. The first-order valence-corrected chi connectivity index (χ1v) is 9.38. The molecule has 1 N–H and O–H groups in total. The van der Waals surface area contributed by atoms with Crippen LogP contribution in [0.5, 0.6) is 5.75 Å². The Morgan fingerprint density at radius 2 is 1.85 bits per heavy atom. The van der Waals surface area contributed by atoms with Crippen LogP contribution < -0.4 is 9.46 Å². The summed E-state index contributed by atoms with van der Waals surface area (Å²) in [6.45, 7) is 3.64. The summed E-state index contributed by atoms with van der Waals surface area (Å²) in [5.41, 5.74) is -0.163. The first kappa shape index (κ1) is 20.2. The first-order chi connectivity index (χ1) is 12.1. The molecule has 5 nitrogen and oxygen atoms in total. The molecule has 26 heavy (non-hydrogen) atoms. The highest BCUT2D eigenvalue weighted by molar-refractivity contribution is 7.89. The van der Waals surface area contributed by atoms with Crippen molar-refractivity contribution in [3.05, 3.63) is 53.7 Å². The second-order valence-corrected chi connectivity index (χ2v) is 7.29. The zero-order chi connectivity index (χ0) is 19.4. The van der Waals surface area contributed by atoms with Crippen LogP contribution in [0.4, 0.5) is 13.2 Å². The third kappa shape index (κ3) is 5.18. The van der Waals surface area contributed by atoms with Crippen LogP contribution in [0.3, 0.4) is 0 Å². The Labute approximate surface area is 150 Å². The second kappa shape index (κ2) is 8.05. The molecule has 1 aromatic heterocycles. The molecule has 0 bridgehead atoms. The fourth-order valence-electron chi connectivity index (χ4n) is 2.39. The average Bonchev–Trinajstić information content (AvgIpc) is 2.54. The lowest BCUT2D eigenvalue weighted by molar-refractivity contribution is -0.137. The van der Waals surface area contributed by atoms with Crippen LogP contribution in [0.25, 0.3) is 0 Å². The maximum atomic E-state index is 12.6. The number of hydrogen-bond acceptors (Lipinski definition) is 4. The van der Waals surface area contributed by atoms with Crippen molar-refractivity contribution in [2.24, 2.45) is 0 Å². The third-order valence-corrected chi connectivity index (χ3v) is 5.00. The van der Waals surface area contributed by atoms with Crippen LogP contribution in [-0.4, -0.2) is 26.1 Å². The Kier molecular flexibility index (Phi) is 6.25. The number of rotatable bonds is 7. The molecular formula is C17H19F3N2O3S. The predicted molar refractivity (Wildman–Crippen MR) is 90.3 cm³/mol. The standard InChI is InChI=1S/C17H19F3N2O3S/c1-3-25-15-5-4-10-21-16(15)26(23,24)22-12(2)11-13-6-8-14(9-7-13)17(18,19)20/h4-10,12,22H,3,11H2,1-2H3. The number of benzene rings is 1. The number of hydrogen-bond donors (Lipinski definition) is 1. The Balaban J connectivity index is 2.10. The molecule has 1 heterocycles. The van der Waals surface area contributed by atoms with E-state index in [0.29, 0.717) is 5.56 Å². The van der Waals surface area contributed by atoms with E-state index >= 15 is 0 Å². The van der Waals surface area contributed by atoms with Crippen molar-refractivity contribution in [2.75, 3.05) is 6.61 Å². The summed E-state index contributed by atoms with van der Waals surface area (Å²) in [7, 11) is -3.93.